The Morgan fingerprint density at radius 2 is 2.06 bits per heavy atom. The average molecular weight is 328 g/mol. The Kier molecular flexibility index (Phi) is 4.54. The fourth-order valence-corrected chi connectivity index (χ4v) is 3.25. The van der Waals surface area contributed by atoms with Crippen LogP contribution in [0.3, 0.4) is 0 Å². The molecule has 0 aliphatic heterocycles. The average Bonchev–Trinajstić information content (AvgIpc) is 2.73. The van der Waals surface area contributed by atoms with Crippen LogP contribution in [0.5, 0.6) is 0 Å². The number of rotatable bonds is 4. The first-order valence-electron chi connectivity index (χ1n) is 5.82. The predicted octanol–water partition coefficient (Wildman–Crippen LogP) is 4.81. The molecule has 2 rings (SSSR count). The first-order valence-corrected chi connectivity index (χ1v) is 7.55. The molecule has 96 valence electrons. The first-order chi connectivity index (χ1) is 8.58. The highest BCUT2D eigenvalue weighted by Crippen LogP contribution is 2.34. The molecule has 18 heavy (non-hydrogen) atoms. The van der Waals surface area contributed by atoms with Gasteiger partial charge in [0.05, 0.1) is 0 Å². The van der Waals surface area contributed by atoms with E-state index in [-0.39, 0.29) is 5.82 Å². The van der Waals surface area contributed by atoms with E-state index in [0.717, 1.165) is 27.7 Å². The molecular formula is C14H15BrFNS. The molecule has 0 bridgehead atoms. The molecule has 0 fully saturated rings. The minimum atomic E-state index is -0.198. The minimum Gasteiger partial charge on any atom is -0.310 e. The molecular weight excluding hydrogens is 313 g/mol. The summed E-state index contributed by atoms with van der Waals surface area (Å²) >= 11 is 5.12. The Balaban J connectivity index is 2.38. The Labute approximate surface area is 119 Å². The zero-order valence-electron chi connectivity index (χ0n) is 10.3. The van der Waals surface area contributed by atoms with Crippen LogP contribution in [0.2, 0.25) is 0 Å². The van der Waals surface area contributed by atoms with E-state index in [4.69, 9.17) is 0 Å². The van der Waals surface area contributed by atoms with Crippen LogP contribution in [0.15, 0.2) is 33.4 Å². The van der Waals surface area contributed by atoms with Crippen LogP contribution in [0.4, 0.5) is 4.39 Å². The molecule has 1 aromatic heterocycles. The van der Waals surface area contributed by atoms with E-state index in [0.29, 0.717) is 6.04 Å². The van der Waals surface area contributed by atoms with Gasteiger partial charge in [0.15, 0.2) is 0 Å². The molecule has 0 aliphatic carbocycles. The van der Waals surface area contributed by atoms with Gasteiger partial charge < -0.3 is 5.32 Å². The van der Waals surface area contributed by atoms with Crippen molar-refractivity contribution in [3.63, 3.8) is 0 Å². The van der Waals surface area contributed by atoms with E-state index in [1.807, 2.05) is 16.8 Å². The fourth-order valence-electron chi connectivity index (χ4n) is 1.74. The first kappa shape index (κ1) is 13.7. The van der Waals surface area contributed by atoms with E-state index in [1.165, 1.54) is 6.07 Å². The lowest BCUT2D eigenvalue weighted by atomic mass is 10.0. The van der Waals surface area contributed by atoms with Crippen LogP contribution in [0.25, 0.3) is 11.1 Å². The number of hydrogen-bond donors (Lipinski definition) is 1. The van der Waals surface area contributed by atoms with Crippen LogP contribution in [0.1, 0.15) is 19.4 Å². The second kappa shape index (κ2) is 5.95. The molecule has 0 saturated carbocycles. The summed E-state index contributed by atoms with van der Waals surface area (Å²) in [6, 6.07) is 5.38. The van der Waals surface area contributed by atoms with Gasteiger partial charge in [0.1, 0.15) is 5.82 Å². The van der Waals surface area contributed by atoms with Gasteiger partial charge in [-0.2, -0.15) is 11.3 Å². The van der Waals surface area contributed by atoms with Gasteiger partial charge in [-0.25, -0.2) is 4.39 Å². The van der Waals surface area contributed by atoms with Gasteiger partial charge in [0.25, 0.3) is 0 Å². The Hall–Kier alpha value is -0.710. The molecule has 0 saturated heterocycles. The third kappa shape index (κ3) is 3.19. The van der Waals surface area contributed by atoms with Crippen LogP contribution in [-0.4, -0.2) is 6.04 Å². The lowest BCUT2D eigenvalue weighted by Crippen LogP contribution is -2.22. The molecule has 0 aliphatic rings. The van der Waals surface area contributed by atoms with Gasteiger partial charge in [-0.3, -0.25) is 0 Å². The van der Waals surface area contributed by atoms with Crippen molar-refractivity contribution in [3.05, 3.63) is 44.8 Å². The third-order valence-electron chi connectivity index (χ3n) is 2.68. The van der Waals surface area contributed by atoms with Crippen LogP contribution >= 0.6 is 27.3 Å². The van der Waals surface area contributed by atoms with E-state index in [1.54, 1.807) is 17.4 Å². The number of hydrogen-bond acceptors (Lipinski definition) is 2. The summed E-state index contributed by atoms with van der Waals surface area (Å²) in [4.78, 5) is 0. The van der Waals surface area contributed by atoms with Crippen molar-refractivity contribution in [2.24, 2.45) is 0 Å². The standard InChI is InChI=1S/C14H15BrFNS/c1-9(2)17-6-10-3-4-11(16)5-12(10)13-7-18-8-14(13)15/h3-5,7-9,17H,6H2,1-2H3. The molecule has 0 radical (unpaired) electrons. The van der Waals surface area contributed by atoms with Gasteiger partial charge >= 0.3 is 0 Å². The predicted molar refractivity (Wildman–Crippen MR) is 79.4 cm³/mol. The maximum Gasteiger partial charge on any atom is 0.123 e. The molecule has 0 unspecified atom stereocenters. The maximum atomic E-state index is 13.4. The summed E-state index contributed by atoms with van der Waals surface area (Å²) in [6.07, 6.45) is 0. The third-order valence-corrected chi connectivity index (χ3v) is 4.38. The summed E-state index contributed by atoms with van der Waals surface area (Å²) in [5.74, 6) is -0.198. The van der Waals surface area contributed by atoms with Crippen molar-refractivity contribution >= 4 is 27.3 Å². The summed E-state index contributed by atoms with van der Waals surface area (Å²) in [7, 11) is 0. The fraction of sp³-hybridized carbons (Fsp3) is 0.286. The van der Waals surface area contributed by atoms with Crippen molar-refractivity contribution < 1.29 is 4.39 Å². The van der Waals surface area contributed by atoms with Crippen molar-refractivity contribution in [1.82, 2.24) is 5.32 Å². The number of halogens is 2. The lowest BCUT2D eigenvalue weighted by molar-refractivity contribution is 0.587. The molecule has 2 aromatic rings. The van der Waals surface area contributed by atoms with E-state index >= 15 is 0 Å². The normalized spacial score (nSPS) is 11.2. The zero-order valence-corrected chi connectivity index (χ0v) is 12.7. The SMILES string of the molecule is CC(C)NCc1ccc(F)cc1-c1cscc1Br. The second-order valence-electron chi connectivity index (χ2n) is 4.47. The lowest BCUT2D eigenvalue weighted by Gasteiger charge is -2.12. The summed E-state index contributed by atoms with van der Waals surface area (Å²) in [5.41, 5.74) is 3.13. The highest BCUT2D eigenvalue weighted by molar-refractivity contribution is 9.10. The number of thiophene rings is 1. The van der Waals surface area contributed by atoms with Gasteiger partial charge in [0, 0.05) is 28.0 Å². The topological polar surface area (TPSA) is 12.0 Å². The van der Waals surface area contributed by atoms with E-state index < -0.39 is 0 Å². The molecule has 1 aromatic carbocycles. The molecule has 0 amide bonds. The van der Waals surface area contributed by atoms with Crippen LogP contribution < -0.4 is 5.32 Å². The smallest absolute Gasteiger partial charge is 0.123 e. The van der Waals surface area contributed by atoms with Crippen molar-refractivity contribution in [1.29, 1.82) is 0 Å². The Morgan fingerprint density at radius 3 is 2.67 bits per heavy atom. The van der Waals surface area contributed by atoms with Gasteiger partial charge in [-0.1, -0.05) is 19.9 Å². The summed E-state index contributed by atoms with van der Waals surface area (Å²) in [5, 5.41) is 7.42. The maximum absolute atomic E-state index is 13.4. The summed E-state index contributed by atoms with van der Waals surface area (Å²) < 4.78 is 14.5. The van der Waals surface area contributed by atoms with Crippen molar-refractivity contribution in [3.8, 4) is 11.1 Å². The molecule has 4 heteroatoms. The number of benzene rings is 1. The largest absolute Gasteiger partial charge is 0.310 e. The second-order valence-corrected chi connectivity index (χ2v) is 6.07. The Morgan fingerprint density at radius 1 is 1.28 bits per heavy atom. The van der Waals surface area contributed by atoms with Crippen molar-refractivity contribution in [2.75, 3.05) is 0 Å². The summed E-state index contributed by atoms with van der Waals surface area (Å²) in [6.45, 7) is 4.95. The number of nitrogens with one attached hydrogen (secondary N) is 1. The minimum absolute atomic E-state index is 0.198. The molecule has 1 nitrogen and oxygen atoms in total. The molecule has 0 atom stereocenters. The Bertz CT molecular complexity index is 536. The zero-order chi connectivity index (χ0) is 13.1. The molecule has 0 spiro atoms. The van der Waals surface area contributed by atoms with Crippen LogP contribution in [-0.2, 0) is 6.54 Å². The van der Waals surface area contributed by atoms with Gasteiger partial charge in [-0.05, 0) is 44.6 Å². The monoisotopic (exact) mass is 327 g/mol. The highest BCUT2D eigenvalue weighted by atomic mass is 79.9. The van der Waals surface area contributed by atoms with E-state index in [9.17, 15) is 4.39 Å². The quantitative estimate of drug-likeness (QED) is 0.849. The van der Waals surface area contributed by atoms with E-state index in [2.05, 4.69) is 35.1 Å². The van der Waals surface area contributed by atoms with Crippen LogP contribution in [0, 0.1) is 5.82 Å². The van der Waals surface area contributed by atoms with Gasteiger partial charge in [-0.15, -0.1) is 0 Å². The van der Waals surface area contributed by atoms with Gasteiger partial charge in [0.2, 0.25) is 0 Å². The molecule has 1 heterocycles. The highest BCUT2D eigenvalue weighted by Gasteiger charge is 2.10. The van der Waals surface area contributed by atoms with Crippen molar-refractivity contribution in [2.45, 2.75) is 26.4 Å². The molecule has 1 N–H and O–H groups in total.